The van der Waals surface area contributed by atoms with Gasteiger partial charge in [0.2, 0.25) is 5.89 Å². The minimum absolute atomic E-state index is 0.130. The van der Waals surface area contributed by atoms with Crippen molar-refractivity contribution in [2.24, 2.45) is 0 Å². The number of fused-ring (bicyclic) bond motifs is 1. The Hall–Kier alpha value is -3.40. The van der Waals surface area contributed by atoms with Gasteiger partial charge in [-0.3, -0.25) is 4.79 Å². The minimum atomic E-state index is -0.130. The van der Waals surface area contributed by atoms with Crippen LogP contribution < -0.4 is 5.32 Å². The van der Waals surface area contributed by atoms with E-state index in [0.29, 0.717) is 17.4 Å². The lowest BCUT2D eigenvalue weighted by Gasteiger charge is -2.11. The van der Waals surface area contributed by atoms with Gasteiger partial charge in [0.15, 0.2) is 5.58 Å². The highest BCUT2D eigenvalue weighted by Crippen LogP contribution is 2.29. The summed E-state index contributed by atoms with van der Waals surface area (Å²) in [6.45, 7) is 10.4. The molecule has 4 heteroatoms. The second-order valence-electron chi connectivity index (χ2n) is 8.18. The van der Waals surface area contributed by atoms with E-state index in [1.807, 2.05) is 61.5 Å². The summed E-state index contributed by atoms with van der Waals surface area (Å²) in [5.41, 5.74) is 8.37. The monoisotopic (exact) mass is 398 g/mol. The quantitative estimate of drug-likeness (QED) is 0.411. The van der Waals surface area contributed by atoms with Gasteiger partial charge in [-0.05, 0) is 85.3 Å². The van der Waals surface area contributed by atoms with Gasteiger partial charge in [-0.1, -0.05) is 32.0 Å². The summed E-state index contributed by atoms with van der Waals surface area (Å²) in [7, 11) is 0. The van der Waals surface area contributed by atoms with Crippen LogP contribution in [0.3, 0.4) is 0 Å². The zero-order valence-corrected chi connectivity index (χ0v) is 18.0. The molecule has 0 fully saturated rings. The summed E-state index contributed by atoms with van der Waals surface area (Å²) in [4.78, 5) is 17.4. The molecule has 1 N–H and O–H groups in total. The molecule has 0 unspecified atom stereocenters. The molecule has 30 heavy (non-hydrogen) atoms. The van der Waals surface area contributed by atoms with Crippen LogP contribution in [0.5, 0.6) is 0 Å². The highest BCUT2D eigenvalue weighted by atomic mass is 16.3. The minimum Gasteiger partial charge on any atom is -0.436 e. The second kappa shape index (κ2) is 7.79. The summed E-state index contributed by atoms with van der Waals surface area (Å²) in [6.07, 6.45) is 0. The van der Waals surface area contributed by atoms with Crippen LogP contribution in [0.2, 0.25) is 0 Å². The number of nitrogens with one attached hydrogen (secondary N) is 1. The van der Waals surface area contributed by atoms with Gasteiger partial charge in [0, 0.05) is 16.8 Å². The van der Waals surface area contributed by atoms with Gasteiger partial charge in [0.1, 0.15) is 5.52 Å². The van der Waals surface area contributed by atoms with Crippen molar-refractivity contribution in [2.75, 3.05) is 5.32 Å². The molecule has 4 aromatic rings. The van der Waals surface area contributed by atoms with E-state index in [1.165, 1.54) is 16.7 Å². The van der Waals surface area contributed by atoms with Crippen molar-refractivity contribution >= 4 is 22.7 Å². The number of nitrogens with zero attached hydrogens (tertiary/aromatic N) is 1. The first kappa shape index (κ1) is 19.9. The Bertz CT molecular complexity index is 1200. The predicted octanol–water partition coefficient (Wildman–Crippen LogP) is 6.80. The first-order valence-corrected chi connectivity index (χ1v) is 10.2. The topological polar surface area (TPSA) is 55.1 Å². The maximum Gasteiger partial charge on any atom is 0.255 e. The van der Waals surface area contributed by atoms with Crippen molar-refractivity contribution < 1.29 is 9.21 Å². The van der Waals surface area contributed by atoms with Crippen LogP contribution in [0.4, 0.5) is 5.69 Å². The lowest BCUT2D eigenvalue weighted by atomic mass is 10.0. The van der Waals surface area contributed by atoms with Gasteiger partial charge in [-0.2, -0.15) is 0 Å². The molecule has 0 aliphatic rings. The molecule has 4 rings (SSSR count). The van der Waals surface area contributed by atoms with E-state index < -0.39 is 0 Å². The Kier molecular flexibility index (Phi) is 5.17. The Morgan fingerprint density at radius 1 is 0.900 bits per heavy atom. The van der Waals surface area contributed by atoms with Gasteiger partial charge in [0.05, 0.1) is 0 Å². The van der Waals surface area contributed by atoms with E-state index in [4.69, 9.17) is 4.42 Å². The largest absolute Gasteiger partial charge is 0.436 e. The number of rotatable bonds is 4. The van der Waals surface area contributed by atoms with E-state index in [0.717, 1.165) is 27.9 Å². The summed E-state index contributed by atoms with van der Waals surface area (Å²) >= 11 is 0. The average molecular weight is 399 g/mol. The lowest BCUT2D eigenvalue weighted by molar-refractivity contribution is 0.102. The van der Waals surface area contributed by atoms with Crippen LogP contribution in [-0.2, 0) is 0 Å². The molecule has 1 aromatic heterocycles. The van der Waals surface area contributed by atoms with Crippen molar-refractivity contribution in [3.05, 3.63) is 82.4 Å². The summed E-state index contributed by atoms with van der Waals surface area (Å²) in [5, 5.41) is 3.03. The fourth-order valence-electron chi connectivity index (χ4n) is 3.41. The van der Waals surface area contributed by atoms with Crippen molar-refractivity contribution in [3.8, 4) is 11.5 Å². The number of hydrogen-bond acceptors (Lipinski definition) is 3. The van der Waals surface area contributed by atoms with Gasteiger partial charge < -0.3 is 9.73 Å². The molecule has 152 valence electrons. The third-order valence-electron chi connectivity index (χ3n) is 5.58. The van der Waals surface area contributed by atoms with Crippen LogP contribution >= 0.6 is 0 Å². The van der Waals surface area contributed by atoms with Crippen molar-refractivity contribution in [3.63, 3.8) is 0 Å². The maximum absolute atomic E-state index is 12.8. The number of anilines is 1. The van der Waals surface area contributed by atoms with Crippen LogP contribution in [0, 0.1) is 20.8 Å². The van der Waals surface area contributed by atoms with Gasteiger partial charge in [-0.15, -0.1) is 0 Å². The standard InChI is InChI=1S/C26H26N2O2/c1-15(2)19-8-10-20(11-9-19)25(29)27-22-14-21(7-6-16(22)3)26-28-23-12-17(4)18(5)13-24(23)30-26/h6-15H,1-5H3,(H,27,29). The molecule has 0 saturated carbocycles. The van der Waals surface area contributed by atoms with Crippen LogP contribution in [0.15, 0.2) is 59.0 Å². The number of benzene rings is 3. The average Bonchev–Trinajstić information content (AvgIpc) is 3.12. The van der Waals surface area contributed by atoms with Crippen molar-refractivity contribution in [2.45, 2.75) is 40.5 Å². The Morgan fingerprint density at radius 2 is 1.60 bits per heavy atom. The van der Waals surface area contributed by atoms with E-state index >= 15 is 0 Å². The fraction of sp³-hybridized carbons (Fsp3) is 0.231. The molecule has 0 aliphatic heterocycles. The third kappa shape index (κ3) is 3.86. The second-order valence-corrected chi connectivity index (χ2v) is 8.18. The lowest BCUT2D eigenvalue weighted by Crippen LogP contribution is -2.13. The SMILES string of the molecule is Cc1cc2nc(-c3ccc(C)c(NC(=O)c4ccc(C(C)C)cc4)c3)oc2cc1C. The Morgan fingerprint density at radius 3 is 2.30 bits per heavy atom. The van der Waals surface area contributed by atoms with E-state index in [9.17, 15) is 4.79 Å². The number of oxazole rings is 1. The molecule has 0 saturated heterocycles. The number of aryl methyl sites for hydroxylation is 3. The number of aromatic nitrogens is 1. The van der Waals surface area contributed by atoms with E-state index in [1.54, 1.807) is 0 Å². The van der Waals surface area contributed by atoms with Gasteiger partial charge >= 0.3 is 0 Å². The predicted molar refractivity (Wildman–Crippen MR) is 122 cm³/mol. The maximum atomic E-state index is 12.8. The zero-order chi connectivity index (χ0) is 21.4. The van der Waals surface area contributed by atoms with Crippen LogP contribution in [0.25, 0.3) is 22.6 Å². The van der Waals surface area contributed by atoms with Gasteiger partial charge in [-0.25, -0.2) is 4.98 Å². The number of hydrogen-bond donors (Lipinski definition) is 1. The Balaban J connectivity index is 1.62. The first-order chi connectivity index (χ1) is 14.3. The molecule has 1 heterocycles. The molecule has 0 spiro atoms. The highest BCUT2D eigenvalue weighted by Gasteiger charge is 2.13. The number of amides is 1. The zero-order valence-electron chi connectivity index (χ0n) is 18.0. The molecule has 0 aliphatic carbocycles. The third-order valence-corrected chi connectivity index (χ3v) is 5.58. The van der Waals surface area contributed by atoms with E-state index in [-0.39, 0.29) is 5.91 Å². The first-order valence-electron chi connectivity index (χ1n) is 10.2. The van der Waals surface area contributed by atoms with Gasteiger partial charge in [0.25, 0.3) is 5.91 Å². The molecule has 4 nitrogen and oxygen atoms in total. The molecule has 1 amide bonds. The van der Waals surface area contributed by atoms with Crippen LogP contribution in [-0.4, -0.2) is 10.9 Å². The Labute approximate surface area is 177 Å². The smallest absolute Gasteiger partial charge is 0.255 e. The molecule has 0 radical (unpaired) electrons. The molecule has 3 aromatic carbocycles. The van der Waals surface area contributed by atoms with Crippen molar-refractivity contribution in [1.82, 2.24) is 4.98 Å². The normalized spacial score (nSPS) is 11.3. The summed E-state index contributed by atoms with van der Waals surface area (Å²) in [6, 6.07) is 17.7. The highest BCUT2D eigenvalue weighted by molar-refractivity contribution is 6.05. The number of carbonyl (C=O) groups excluding carboxylic acids is 1. The van der Waals surface area contributed by atoms with Crippen molar-refractivity contribution in [1.29, 1.82) is 0 Å². The molecule has 0 bridgehead atoms. The number of carbonyl (C=O) groups is 1. The molecular formula is C26H26N2O2. The van der Waals surface area contributed by atoms with E-state index in [2.05, 4.69) is 38.0 Å². The summed E-state index contributed by atoms with van der Waals surface area (Å²) < 4.78 is 5.99. The fourth-order valence-corrected chi connectivity index (χ4v) is 3.41. The molecule has 0 atom stereocenters. The summed E-state index contributed by atoms with van der Waals surface area (Å²) in [5.74, 6) is 0.853. The van der Waals surface area contributed by atoms with Crippen LogP contribution in [0.1, 0.15) is 52.4 Å². The molecular weight excluding hydrogens is 372 g/mol.